The van der Waals surface area contributed by atoms with Crippen LogP contribution in [0, 0.1) is 5.95 Å². The average molecular weight is 236 g/mol. The Kier molecular flexibility index (Phi) is 2.16. The Labute approximate surface area is 78.9 Å². The molecule has 0 saturated heterocycles. The van der Waals surface area contributed by atoms with Crippen molar-refractivity contribution in [1.82, 2.24) is 9.78 Å². The third-order valence-electron chi connectivity index (χ3n) is 1.45. The van der Waals surface area contributed by atoms with E-state index in [0.717, 1.165) is 0 Å². The van der Waals surface area contributed by atoms with Crippen molar-refractivity contribution < 1.29 is 4.39 Å². The van der Waals surface area contributed by atoms with E-state index in [1.807, 2.05) is 20.8 Å². The minimum absolute atomic E-state index is 0.0601. The summed E-state index contributed by atoms with van der Waals surface area (Å²) < 4.78 is 14.9. The number of nitrogen functional groups attached to an aromatic ring is 1. The second kappa shape index (κ2) is 2.73. The molecule has 0 aliphatic rings. The molecule has 0 saturated carbocycles. The van der Waals surface area contributed by atoms with Crippen LogP contribution in [0.5, 0.6) is 0 Å². The summed E-state index contributed by atoms with van der Waals surface area (Å²) >= 11 is 3.06. The fourth-order valence-corrected chi connectivity index (χ4v) is 1.15. The summed E-state index contributed by atoms with van der Waals surface area (Å²) in [5, 5.41) is 3.91. The maximum atomic E-state index is 13.3. The maximum absolute atomic E-state index is 13.3. The predicted molar refractivity (Wildman–Crippen MR) is 49.3 cm³/mol. The Morgan fingerprint density at radius 2 is 2.00 bits per heavy atom. The van der Waals surface area contributed by atoms with Crippen LogP contribution in [0.2, 0.25) is 0 Å². The topological polar surface area (TPSA) is 43.8 Å². The predicted octanol–water partition coefficient (Wildman–Crippen LogP) is 2.12. The first-order chi connectivity index (χ1) is 5.34. The summed E-state index contributed by atoms with van der Waals surface area (Å²) in [6.45, 7) is 5.57. The smallest absolute Gasteiger partial charge is 0.236 e. The molecule has 0 amide bonds. The van der Waals surface area contributed by atoms with Crippen LogP contribution in [0.15, 0.2) is 4.60 Å². The van der Waals surface area contributed by atoms with E-state index >= 15 is 0 Å². The number of rotatable bonds is 0. The second-order valence-corrected chi connectivity index (χ2v) is 4.33. The van der Waals surface area contributed by atoms with E-state index < -0.39 is 5.95 Å². The van der Waals surface area contributed by atoms with Gasteiger partial charge in [-0.15, -0.1) is 0 Å². The number of nitrogens with zero attached hydrogens (tertiary/aromatic N) is 2. The van der Waals surface area contributed by atoms with Gasteiger partial charge < -0.3 is 5.73 Å². The Hall–Kier alpha value is -0.580. The van der Waals surface area contributed by atoms with Crippen molar-refractivity contribution in [3.63, 3.8) is 0 Å². The largest absolute Gasteiger partial charge is 0.393 e. The molecule has 68 valence electrons. The quantitative estimate of drug-likeness (QED) is 0.749. The Balaban J connectivity index is 3.28. The molecule has 1 aromatic rings. The summed E-state index contributed by atoms with van der Waals surface area (Å²) in [6.07, 6.45) is 0. The van der Waals surface area contributed by atoms with Gasteiger partial charge in [-0.2, -0.15) is 9.49 Å². The van der Waals surface area contributed by atoms with Crippen LogP contribution >= 0.6 is 15.9 Å². The lowest BCUT2D eigenvalue weighted by atomic mass is 10.1. The third-order valence-corrected chi connectivity index (χ3v) is 2.04. The van der Waals surface area contributed by atoms with Crippen molar-refractivity contribution in [3.8, 4) is 0 Å². The van der Waals surface area contributed by atoms with Crippen molar-refractivity contribution in [2.24, 2.45) is 0 Å². The zero-order valence-electron chi connectivity index (χ0n) is 7.23. The molecule has 1 rings (SSSR count). The minimum Gasteiger partial charge on any atom is -0.393 e. The molecular formula is C7H11BrFN3. The van der Waals surface area contributed by atoms with Gasteiger partial charge in [-0.3, -0.25) is 0 Å². The van der Waals surface area contributed by atoms with Crippen molar-refractivity contribution in [2.45, 2.75) is 26.3 Å². The third kappa shape index (κ3) is 1.46. The van der Waals surface area contributed by atoms with Gasteiger partial charge in [0, 0.05) is 0 Å². The molecule has 0 spiro atoms. The summed E-state index contributed by atoms with van der Waals surface area (Å²) in [6, 6.07) is 0. The molecule has 0 aliphatic heterocycles. The number of nitrogens with two attached hydrogens (primary N) is 1. The highest BCUT2D eigenvalue weighted by Crippen LogP contribution is 2.25. The van der Waals surface area contributed by atoms with Gasteiger partial charge in [-0.1, -0.05) is 0 Å². The monoisotopic (exact) mass is 235 g/mol. The van der Waals surface area contributed by atoms with E-state index in [-0.39, 0.29) is 11.2 Å². The van der Waals surface area contributed by atoms with Gasteiger partial charge in [0.1, 0.15) is 5.69 Å². The molecule has 0 aliphatic carbocycles. The van der Waals surface area contributed by atoms with Crippen LogP contribution in [0.3, 0.4) is 0 Å². The Bertz CT molecular complexity index is 300. The molecule has 0 bridgehead atoms. The first kappa shape index (κ1) is 9.51. The zero-order chi connectivity index (χ0) is 9.52. The van der Waals surface area contributed by atoms with E-state index in [0.29, 0.717) is 4.60 Å². The molecule has 0 unspecified atom stereocenters. The Morgan fingerprint density at radius 3 is 2.17 bits per heavy atom. The van der Waals surface area contributed by atoms with E-state index in [2.05, 4.69) is 21.0 Å². The normalized spacial score (nSPS) is 12.1. The zero-order valence-corrected chi connectivity index (χ0v) is 8.81. The number of halogens is 2. The van der Waals surface area contributed by atoms with Gasteiger partial charge in [0.05, 0.1) is 5.54 Å². The first-order valence-electron chi connectivity index (χ1n) is 3.54. The van der Waals surface area contributed by atoms with Crippen molar-refractivity contribution in [2.75, 3.05) is 5.73 Å². The van der Waals surface area contributed by atoms with Crippen LogP contribution in [0.25, 0.3) is 0 Å². The summed E-state index contributed by atoms with van der Waals surface area (Å²) in [4.78, 5) is 0. The molecule has 0 radical (unpaired) electrons. The molecule has 0 aromatic carbocycles. The van der Waals surface area contributed by atoms with Gasteiger partial charge in [0.25, 0.3) is 0 Å². The minimum atomic E-state index is -0.491. The molecule has 1 heterocycles. The molecule has 0 fully saturated rings. The summed E-state index contributed by atoms with van der Waals surface area (Å²) in [7, 11) is 0. The van der Waals surface area contributed by atoms with Crippen molar-refractivity contribution >= 4 is 21.6 Å². The first-order valence-corrected chi connectivity index (χ1v) is 4.33. The summed E-state index contributed by atoms with van der Waals surface area (Å²) in [5.74, 6) is -0.491. The lowest BCUT2D eigenvalue weighted by Crippen LogP contribution is -2.24. The van der Waals surface area contributed by atoms with E-state index in [9.17, 15) is 4.39 Å². The molecule has 2 N–H and O–H groups in total. The van der Waals surface area contributed by atoms with Gasteiger partial charge in [0.2, 0.25) is 5.95 Å². The molecule has 3 nitrogen and oxygen atoms in total. The Morgan fingerprint density at radius 1 is 1.50 bits per heavy atom. The van der Waals surface area contributed by atoms with Gasteiger partial charge in [-0.25, -0.2) is 4.68 Å². The van der Waals surface area contributed by atoms with Crippen LogP contribution in [0.4, 0.5) is 10.1 Å². The number of aromatic nitrogens is 2. The number of hydrogen-bond acceptors (Lipinski definition) is 2. The summed E-state index contributed by atoms with van der Waals surface area (Å²) in [5.41, 5.74) is 5.07. The number of anilines is 1. The maximum Gasteiger partial charge on any atom is 0.236 e. The molecule has 12 heavy (non-hydrogen) atoms. The molecule has 5 heteroatoms. The van der Waals surface area contributed by atoms with Crippen LogP contribution in [-0.4, -0.2) is 9.78 Å². The highest BCUT2D eigenvalue weighted by atomic mass is 79.9. The van der Waals surface area contributed by atoms with E-state index in [1.165, 1.54) is 4.68 Å². The van der Waals surface area contributed by atoms with Crippen molar-refractivity contribution in [3.05, 3.63) is 10.6 Å². The molecule has 1 aromatic heterocycles. The van der Waals surface area contributed by atoms with E-state index in [1.54, 1.807) is 0 Å². The van der Waals surface area contributed by atoms with Gasteiger partial charge >= 0.3 is 0 Å². The molecular weight excluding hydrogens is 225 g/mol. The highest BCUT2D eigenvalue weighted by molar-refractivity contribution is 9.10. The standard InChI is InChI=1S/C7H11BrFN3/c1-7(2,3)12-6(9)4(10)5(8)11-12/h10H2,1-3H3. The lowest BCUT2D eigenvalue weighted by Gasteiger charge is -2.19. The second-order valence-electron chi connectivity index (χ2n) is 3.58. The molecule has 0 atom stereocenters. The highest BCUT2D eigenvalue weighted by Gasteiger charge is 2.22. The van der Waals surface area contributed by atoms with Gasteiger partial charge in [0.15, 0.2) is 4.60 Å². The van der Waals surface area contributed by atoms with Crippen LogP contribution in [0.1, 0.15) is 20.8 Å². The average Bonchev–Trinajstić information content (AvgIpc) is 2.15. The van der Waals surface area contributed by atoms with E-state index in [4.69, 9.17) is 5.73 Å². The number of hydrogen-bond donors (Lipinski definition) is 1. The lowest BCUT2D eigenvalue weighted by molar-refractivity contribution is 0.300. The van der Waals surface area contributed by atoms with Crippen LogP contribution < -0.4 is 5.73 Å². The van der Waals surface area contributed by atoms with Gasteiger partial charge in [-0.05, 0) is 36.7 Å². The van der Waals surface area contributed by atoms with Crippen molar-refractivity contribution in [1.29, 1.82) is 0 Å². The fourth-order valence-electron chi connectivity index (χ4n) is 0.829. The fraction of sp³-hybridized carbons (Fsp3) is 0.571. The SMILES string of the molecule is CC(C)(C)n1nc(Br)c(N)c1F. The van der Waals surface area contributed by atoms with Crippen LogP contribution in [-0.2, 0) is 5.54 Å².